The first-order chi connectivity index (χ1) is 15.8. The number of hydrogen-bond acceptors (Lipinski definition) is 6. The lowest BCUT2D eigenvalue weighted by Gasteiger charge is -2.22. The highest BCUT2D eigenvalue weighted by Crippen LogP contribution is 2.36. The Kier molecular flexibility index (Phi) is 6.97. The maximum Gasteiger partial charge on any atom is 0.419 e. The molecule has 180 valence electrons. The van der Waals surface area contributed by atoms with Gasteiger partial charge in [-0.05, 0) is 57.2 Å². The Morgan fingerprint density at radius 1 is 1.06 bits per heavy atom. The summed E-state index contributed by atoms with van der Waals surface area (Å²) in [6.07, 6.45) is -0.841. The Hall–Kier alpha value is -3.46. The van der Waals surface area contributed by atoms with Crippen LogP contribution in [-0.2, 0) is 9.47 Å². The lowest BCUT2D eigenvalue weighted by molar-refractivity contribution is 0.0490. The number of aromatic nitrogens is 1. The first-order valence-electron chi connectivity index (χ1n) is 10.2. The number of likely N-dealkylation sites (N-methyl/N-ethyl adjacent to an activating group) is 1. The van der Waals surface area contributed by atoms with E-state index in [4.69, 9.17) is 21.1 Å². The summed E-state index contributed by atoms with van der Waals surface area (Å²) in [6.45, 7) is 4.71. The van der Waals surface area contributed by atoms with E-state index in [1.54, 1.807) is 32.9 Å². The first kappa shape index (κ1) is 25.2. The zero-order chi connectivity index (χ0) is 25.4. The number of ether oxygens (including phenoxy) is 2. The molecule has 3 rings (SSSR count). The third-order valence-electron chi connectivity index (χ3n) is 4.86. The van der Waals surface area contributed by atoms with Gasteiger partial charge in [-0.15, -0.1) is 0 Å². The number of benzene rings is 2. The van der Waals surface area contributed by atoms with E-state index in [2.05, 4.69) is 0 Å². The van der Waals surface area contributed by atoms with E-state index in [0.29, 0.717) is 10.4 Å². The maximum absolute atomic E-state index is 13.6. The number of hydrogen-bond donors (Lipinski definition) is 0. The van der Waals surface area contributed by atoms with Crippen molar-refractivity contribution in [2.75, 3.05) is 25.6 Å². The fourth-order valence-corrected chi connectivity index (χ4v) is 3.63. The van der Waals surface area contributed by atoms with Crippen molar-refractivity contribution in [3.63, 3.8) is 0 Å². The van der Waals surface area contributed by atoms with Gasteiger partial charge in [-0.25, -0.2) is 22.9 Å². The second-order valence-corrected chi connectivity index (χ2v) is 9.01. The Balaban J connectivity index is 2.17. The number of fused-ring (bicyclic) bond motifs is 1. The van der Waals surface area contributed by atoms with Crippen molar-refractivity contribution in [3.05, 3.63) is 64.3 Å². The summed E-state index contributed by atoms with van der Waals surface area (Å²) in [5.41, 5.74) is -0.614. The third kappa shape index (κ3) is 5.04. The monoisotopic (exact) mass is 492 g/mol. The van der Waals surface area contributed by atoms with Gasteiger partial charge in [0.15, 0.2) is 23.1 Å². The number of anilines is 1. The van der Waals surface area contributed by atoms with Crippen molar-refractivity contribution >= 4 is 46.0 Å². The Bertz CT molecular complexity index is 1300. The molecule has 1 aromatic heterocycles. The number of esters is 1. The average Bonchev–Trinajstić information content (AvgIpc) is 3.08. The minimum atomic E-state index is -1.15. The van der Waals surface area contributed by atoms with Crippen molar-refractivity contribution < 1.29 is 32.6 Å². The molecule has 0 N–H and O–H groups in total. The molecular formula is C24H23ClF2N2O5. The molecule has 7 nitrogen and oxygen atoms in total. The van der Waals surface area contributed by atoms with Crippen LogP contribution in [0.1, 0.15) is 41.6 Å². The highest BCUT2D eigenvalue weighted by molar-refractivity contribution is 6.31. The number of Topliss-reactive ketones (excluding diaryl/α,β-unsaturated/α-hetero) is 1. The molecule has 0 saturated heterocycles. The predicted octanol–water partition coefficient (Wildman–Crippen LogP) is 5.46. The highest BCUT2D eigenvalue weighted by atomic mass is 35.5. The zero-order valence-electron chi connectivity index (χ0n) is 19.2. The van der Waals surface area contributed by atoms with Gasteiger partial charge in [0.1, 0.15) is 5.60 Å². The first-order valence-corrected chi connectivity index (χ1v) is 10.6. The maximum atomic E-state index is 13.6. The Morgan fingerprint density at radius 2 is 1.74 bits per heavy atom. The van der Waals surface area contributed by atoms with Gasteiger partial charge in [0.2, 0.25) is 0 Å². The van der Waals surface area contributed by atoms with Crippen molar-refractivity contribution in [2.24, 2.45) is 0 Å². The molecule has 0 aliphatic heterocycles. The number of carbonyl (C=O) groups is 3. The zero-order valence-corrected chi connectivity index (χ0v) is 20.0. The van der Waals surface area contributed by atoms with Gasteiger partial charge in [-0.3, -0.25) is 4.79 Å². The molecule has 1 heterocycles. The summed E-state index contributed by atoms with van der Waals surface area (Å²) in [6, 6.07) is 7.48. The standard InChI is InChI=1S/C24H23ClF2N2O5/c1-24(2,3)34-23(32)29-18-11-14(25)7-8-15(18)20(21(29)22(31)33-5)28(4)12-19(30)13-6-9-16(26)17(27)10-13/h6-11H,12H2,1-5H3. The van der Waals surface area contributed by atoms with Crippen LogP contribution in [0.5, 0.6) is 0 Å². The minimum Gasteiger partial charge on any atom is -0.464 e. The summed E-state index contributed by atoms with van der Waals surface area (Å²) in [4.78, 5) is 40.2. The van der Waals surface area contributed by atoms with E-state index in [-0.39, 0.29) is 29.0 Å². The summed E-state index contributed by atoms with van der Waals surface area (Å²) in [5.74, 6) is -3.61. The fraction of sp³-hybridized carbons (Fsp3) is 0.292. The molecule has 0 saturated carbocycles. The van der Waals surface area contributed by atoms with Crippen LogP contribution >= 0.6 is 11.6 Å². The van der Waals surface area contributed by atoms with Crippen molar-refractivity contribution in [1.29, 1.82) is 0 Å². The molecule has 0 unspecified atom stereocenters. The molecule has 0 aliphatic rings. The van der Waals surface area contributed by atoms with Crippen LogP contribution < -0.4 is 4.90 Å². The second kappa shape index (κ2) is 9.42. The predicted molar refractivity (Wildman–Crippen MR) is 124 cm³/mol. The van der Waals surface area contributed by atoms with E-state index in [1.165, 1.54) is 24.1 Å². The van der Waals surface area contributed by atoms with Crippen LogP contribution in [0.15, 0.2) is 36.4 Å². The quantitative estimate of drug-likeness (QED) is 0.347. The van der Waals surface area contributed by atoms with Crippen molar-refractivity contribution in [3.8, 4) is 0 Å². The SMILES string of the molecule is COC(=O)c1c(N(C)CC(=O)c2ccc(F)c(F)c2)c2ccc(Cl)cc2n1C(=O)OC(C)(C)C. The van der Waals surface area contributed by atoms with Gasteiger partial charge in [-0.1, -0.05) is 11.6 Å². The van der Waals surface area contributed by atoms with Crippen molar-refractivity contribution in [2.45, 2.75) is 26.4 Å². The molecule has 0 atom stereocenters. The van der Waals surface area contributed by atoms with Gasteiger partial charge < -0.3 is 14.4 Å². The summed E-state index contributed by atoms with van der Waals surface area (Å²) in [5, 5.41) is 0.731. The number of halogens is 3. The summed E-state index contributed by atoms with van der Waals surface area (Å²) in [7, 11) is 2.68. The van der Waals surface area contributed by atoms with Gasteiger partial charge in [-0.2, -0.15) is 0 Å². The molecule has 0 fully saturated rings. The van der Waals surface area contributed by atoms with Crippen molar-refractivity contribution in [1.82, 2.24) is 4.57 Å². The van der Waals surface area contributed by atoms with Gasteiger partial charge >= 0.3 is 12.1 Å². The molecule has 2 aromatic carbocycles. The van der Waals surface area contributed by atoms with Crippen LogP contribution in [0.25, 0.3) is 10.9 Å². The van der Waals surface area contributed by atoms with Gasteiger partial charge in [0, 0.05) is 23.0 Å². The van der Waals surface area contributed by atoms with Crippen LogP contribution in [-0.4, -0.2) is 48.7 Å². The number of ketones is 1. The lowest BCUT2D eigenvalue weighted by atomic mass is 10.1. The van der Waals surface area contributed by atoms with E-state index < -0.39 is 35.1 Å². The van der Waals surface area contributed by atoms with E-state index in [1.807, 2.05) is 0 Å². The number of carbonyl (C=O) groups excluding carboxylic acids is 3. The molecule has 34 heavy (non-hydrogen) atoms. The minimum absolute atomic E-state index is 0.0516. The average molecular weight is 493 g/mol. The number of methoxy groups -OCH3 is 1. The molecule has 3 aromatic rings. The summed E-state index contributed by atoms with van der Waals surface area (Å²) >= 11 is 6.16. The molecule has 10 heteroatoms. The molecule has 0 amide bonds. The van der Waals surface area contributed by atoms with Crippen LogP contribution in [0.4, 0.5) is 19.3 Å². The molecule has 0 bridgehead atoms. The largest absolute Gasteiger partial charge is 0.464 e. The molecule has 0 spiro atoms. The van der Waals surface area contributed by atoms with E-state index in [0.717, 1.165) is 23.8 Å². The molecular weight excluding hydrogens is 470 g/mol. The number of rotatable bonds is 5. The fourth-order valence-electron chi connectivity index (χ4n) is 3.47. The van der Waals surface area contributed by atoms with Crippen LogP contribution in [0, 0.1) is 11.6 Å². The van der Waals surface area contributed by atoms with E-state index in [9.17, 15) is 23.2 Å². The second-order valence-electron chi connectivity index (χ2n) is 8.57. The number of nitrogens with zero attached hydrogens (tertiary/aromatic N) is 2. The topological polar surface area (TPSA) is 77.8 Å². The third-order valence-corrected chi connectivity index (χ3v) is 5.10. The normalized spacial score (nSPS) is 11.4. The smallest absolute Gasteiger partial charge is 0.419 e. The van der Waals surface area contributed by atoms with Gasteiger partial charge in [0.05, 0.1) is 24.9 Å². The van der Waals surface area contributed by atoms with Gasteiger partial charge in [0.25, 0.3) is 0 Å². The molecule has 0 radical (unpaired) electrons. The van der Waals surface area contributed by atoms with Crippen LogP contribution in [0.3, 0.4) is 0 Å². The lowest BCUT2D eigenvalue weighted by Crippen LogP contribution is -2.31. The Labute approximate surface area is 199 Å². The highest BCUT2D eigenvalue weighted by Gasteiger charge is 2.32. The summed E-state index contributed by atoms with van der Waals surface area (Å²) < 4.78 is 38.3. The molecule has 0 aliphatic carbocycles. The Morgan fingerprint density at radius 3 is 2.32 bits per heavy atom. The van der Waals surface area contributed by atoms with Crippen LogP contribution in [0.2, 0.25) is 5.02 Å². The van der Waals surface area contributed by atoms with E-state index >= 15 is 0 Å².